The number of nitrogens with zero attached hydrogens (tertiary/aromatic N) is 1. The molecule has 5 nitrogen and oxygen atoms in total. The van der Waals surface area contributed by atoms with Crippen LogP contribution >= 0.6 is 0 Å². The standard InChI is InChI=1S/C14H23NO4/c1-19-14(18)11-2-4-12(5-3-11)15-8-6-10(7-9-15)13(16)17/h10-12H,2-9H2,1H3,(H,16,17). The summed E-state index contributed by atoms with van der Waals surface area (Å²) in [5.41, 5.74) is 0. The van der Waals surface area contributed by atoms with Crippen molar-refractivity contribution in [2.24, 2.45) is 11.8 Å². The Morgan fingerprint density at radius 1 is 1.00 bits per heavy atom. The first kappa shape index (κ1) is 14.3. The van der Waals surface area contributed by atoms with E-state index in [1.54, 1.807) is 0 Å². The molecule has 0 radical (unpaired) electrons. The highest BCUT2D eigenvalue weighted by Crippen LogP contribution is 2.30. The Kier molecular flexibility index (Phi) is 4.80. The van der Waals surface area contributed by atoms with Gasteiger partial charge in [-0.2, -0.15) is 0 Å². The van der Waals surface area contributed by atoms with Gasteiger partial charge in [-0.05, 0) is 51.6 Å². The summed E-state index contributed by atoms with van der Waals surface area (Å²) in [4.78, 5) is 24.8. The summed E-state index contributed by atoms with van der Waals surface area (Å²) >= 11 is 0. The summed E-state index contributed by atoms with van der Waals surface area (Å²) < 4.78 is 4.79. The average Bonchev–Trinajstić information content (AvgIpc) is 2.46. The molecule has 19 heavy (non-hydrogen) atoms. The molecule has 1 heterocycles. The van der Waals surface area contributed by atoms with Gasteiger partial charge in [-0.1, -0.05) is 0 Å². The molecule has 0 aromatic heterocycles. The van der Waals surface area contributed by atoms with Crippen molar-refractivity contribution >= 4 is 11.9 Å². The number of piperidine rings is 1. The lowest BCUT2D eigenvalue weighted by molar-refractivity contribution is -0.147. The van der Waals surface area contributed by atoms with E-state index in [4.69, 9.17) is 9.84 Å². The minimum absolute atomic E-state index is 0.0674. The zero-order valence-electron chi connectivity index (χ0n) is 11.5. The van der Waals surface area contributed by atoms with Gasteiger partial charge in [0.15, 0.2) is 0 Å². The number of carbonyl (C=O) groups is 2. The molecule has 1 saturated carbocycles. The highest BCUT2D eigenvalue weighted by atomic mass is 16.5. The highest BCUT2D eigenvalue weighted by Gasteiger charge is 2.32. The Labute approximate surface area is 113 Å². The number of aliphatic carboxylic acids is 1. The number of carboxylic acid groups (broad SMARTS) is 1. The van der Waals surface area contributed by atoms with E-state index < -0.39 is 5.97 Å². The van der Waals surface area contributed by atoms with Gasteiger partial charge in [-0.3, -0.25) is 9.59 Å². The molecule has 1 saturated heterocycles. The van der Waals surface area contributed by atoms with Crippen molar-refractivity contribution in [1.82, 2.24) is 4.90 Å². The van der Waals surface area contributed by atoms with E-state index >= 15 is 0 Å². The molecule has 108 valence electrons. The SMILES string of the molecule is COC(=O)C1CCC(N2CCC(C(=O)O)CC2)CC1. The second kappa shape index (κ2) is 6.37. The van der Waals surface area contributed by atoms with E-state index in [2.05, 4.69) is 4.90 Å². The average molecular weight is 269 g/mol. The predicted molar refractivity (Wildman–Crippen MR) is 69.7 cm³/mol. The minimum atomic E-state index is -0.658. The zero-order chi connectivity index (χ0) is 13.8. The fourth-order valence-electron chi connectivity index (χ4n) is 3.35. The van der Waals surface area contributed by atoms with Gasteiger partial charge in [0, 0.05) is 6.04 Å². The maximum atomic E-state index is 11.5. The monoisotopic (exact) mass is 269 g/mol. The van der Waals surface area contributed by atoms with Crippen LogP contribution in [-0.2, 0) is 14.3 Å². The lowest BCUT2D eigenvalue weighted by Crippen LogP contribution is -2.44. The second-order valence-electron chi connectivity index (χ2n) is 5.68. The van der Waals surface area contributed by atoms with Crippen LogP contribution in [0.4, 0.5) is 0 Å². The summed E-state index contributed by atoms with van der Waals surface area (Å²) in [6.45, 7) is 1.76. The van der Waals surface area contributed by atoms with Crippen molar-refractivity contribution in [3.63, 3.8) is 0 Å². The smallest absolute Gasteiger partial charge is 0.308 e. The molecule has 0 spiro atoms. The maximum Gasteiger partial charge on any atom is 0.308 e. The van der Waals surface area contributed by atoms with E-state index in [1.165, 1.54) is 7.11 Å². The normalized spacial score (nSPS) is 29.9. The van der Waals surface area contributed by atoms with Crippen molar-refractivity contribution in [2.75, 3.05) is 20.2 Å². The minimum Gasteiger partial charge on any atom is -0.481 e. The van der Waals surface area contributed by atoms with Crippen LogP contribution in [0.2, 0.25) is 0 Å². The van der Waals surface area contributed by atoms with Crippen LogP contribution in [0.3, 0.4) is 0 Å². The summed E-state index contributed by atoms with van der Waals surface area (Å²) in [5.74, 6) is -0.836. The van der Waals surface area contributed by atoms with Gasteiger partial charge < -0.3 is 14.7 Å². The summed E-state index contributed by atoms with van der Waals surface area (Å²) in [5, 5.41) is 8.99. The first-order valence-electron chi connectivity index (χ1n) is 7.16. The van der Waals surface area contributed by atoms with Crippen LogP contribution in [0.25, 0.3) is 0 Å². The Hall–Kier alpha value is -1.10. The Morgan fingerprint density at radius 2 is 1.58 bits per heavy atom. The topological polar surface area (TPSA) is 66.8 Å². The van der Waals surface area contributed by atoms with Crippen LogP contribution in [0.5, 0.6) is 0 Å². The van der Waals surface area contributed by atoms with Crippen molar-refractivity contribution in [2.45, 2.75) is 44.6 Å². The molecule has 1 aliphatic carbocycles. The number of rotatable bonds is 3. The molecule has 0 bridgehead atoms. The van der Waals surface area contributed by atoms with E-state index in [0.717, 1.165) is 51.6 Å². The quantitative estimate of drug-likeness (QED) is 0.787. The van der Waals surface area contributed by atoms with Crippen LogP contribution in [0.15, 0.2) is 0 Å². The third-order valence-corrected chi connectivity index (χ3v) is 4.63. The number of hydrogen-bond donors (Lipinski definition) is 1. The molecule has 0 unspecified atom stereocenters. The van der Waals surface area contributed by atoms with E-state index in [9.17, 15) is 9.59 Å². The molecule has 0 aromatic rings. The predicted octanol–water partition coefficient (Wildman–Crippen LogP) is 1.51. The van der Waals surface area contributed by atoms with Crippen molar-refractivity contribution < 1.29 is 19.4 Å². The zero-order valence-corrected chi connectivity index (χ0v) is 11.5. The molecule has 0 amide bonds. The van der Waals surface area contributed by atoms with Crippen molar-refractivity contribution in [1.29, 1.82) is 0 Å². The summed E-state index contributed by atoms with van der Waals surface area (Å²) in [6.07, 6.45) is 5.36. The molecule has 2 fully saturated rings. The van der Waals surface area contributed by atoms with Crippen molar-refractivity contribution in [3.8, 4) is 0 Å². The molecule has 1 N–H and O–H groups in total. The highest BCUT2D eigenvalue weighted by molar-refractivity contribution is 5.72. The van der Waals surface area contributed by atoms with E-state index in [-0.39, 0.29) is 17.8 Å². The Morgan fingerprint density at radius 3 is 2.05 bits per heavy atom. The number of ether oxygens (including phenoxy) is 1. The number of carboxylic acids is 1. The third kappa shape index (κ3) is 3.47. The summed E-state index contributed by atoms with van der Waals surface area (Å²) in [7, 11) is 1.45. The number of hydrogen-bond acceptors (Lipinski definition) is 4. The maximum absolute atomic E-state index is 11.5. The van der Waals surface area contributed by atoms with Gasteiger partial charge in [0.2, 0.25) is 0 Å². The van der Waals surface area contributed by atoms with Crippen LogP contribution in [0, 0.1) is 11.8 Å². The van der Waals surface area contributed by atoms with Gasteiger partial charge >= 0.3 is 11.9 Å². The summed E-state index contributed by atoms with van der Waals surface area (Å²) in [6, 6.07) is 0.524. The number of methoxy groups -OCH3 is 1. The molecule has 0 aromatic carbocycles. The van der Waals surface area contributed by atoms with Gasteiger partial charge in [0.25, 0.3) is 0 Å². The van der Waals surface area contributed by atoms with Crippen molar-refractivity contribution in [3.05, 3.63) is 0 Å². The first-order chi connectivity index (χ1) is 9.11. The van der Waals surface area contributed by atoms with E-state index in [1.807, 2.05) is 0 Å². The Balaban J connectivity index is 1.77. The number of esters is 1. The van der Waals surface area contributed by atoms with Crippen LogP contribution in [-0.4, -0.2) is 48.2 Å². The van der Waals surface area contributed by atoms with Gasteiger partial charge in [-0.25, -0.2) is 0 Å². The van der Waals surface area contributed by atoms with Crippen LogP contribution < -0.4 is 0 Å². The van der Waals surface area contributed by atoms with Gasteiger partial charge in [0.1, 0.15) is 0 Å². The van der Waals surface area contributed by atoms with Gasteiger partial charge in [0.05, 0.1) is 18.9 Å². The first-order valence-corrected chi connectivity index (χ1v) is 7.16. The number of carbonyl (C=O) groups excluding carboxylic acids is 1. The van der Waals surface area contributed by atoms with Gasteiger partial charge in [-0.15, -0.1) is 0 Å². The Bertz CT molecular complexity index is 328. The number of likely N-dealkylation sites (tertiary alicyclic amines) is 1. The lowest BCUT2D eigenvalue weighted by Gasteiger charge is -2.39. The lowest BCUT2D eigenvalue weighted by atomic mass is 9.84. The van der Waals surface area contributed by atoms with E-state index in [0.29, 0.717) is 6.04 Å². The fourth-order valence-corrected chi connectivity index (χ4v) is 3.35. The molecule has 2 rings (SSSR count). The molecular formula is C14H23NO4. The third-order valence-electron chi connectivity index (χ3n) is 4.63. The largest absolute Gasteiger partial charge is 0.481 e. The van der Waals surface area contributed by atoms with Crippen LogP contribution in [0.1, 0.15) is 38.5 Å². The molecule has 2 aliphatic rings. The molecular weight excluding hydrogens is 246 g/mol. The fraction of sp³-hybridized carbons (Fsp3) is 0.857. The molecule has 5 heteroatoms. The molecule has 0 atom stereocenters. The molecule has 1 aliphatic heterocycles. The second-order valence-corrected chi connectivity index (χ2v) is 5.68.